The van der Waals surface area contributed by atoms with E-state index >= 15 is 0 Å². The van der Waals surface area contributed by atoms with Crippen molar-refractivity contribution in [3.63, 3.8) is 0 Å². The Morgan fingerprint density at radius 1 is 1.14 bits per heavy atom. The van der Waals surface area contributed by atoms with E-state index in [4.69, 9.17) is 5.11 Å². The van der Waals surface area contributed by atoms with E-state index in [0.717, 1.165) is 16.4 Å². The number of nitrogens with zero attached hydrogens (tertiary/aromatic N) is 5. The van der Waals surface area contributed by atoms with Gasteiger partial charge in [-0.2, -0.15) is 23.0 Å². The zero-order valence-electron chi connectivity index (χ0n) is 20.5. The summed E-state index contributed by atoms with van der Waals surface area (Å²) >= 11 is 0. The van der Waals surface area contributed by atoms with Crippen LogP contribution in [-0.4, -0.2) is 75.5 Å². The normalized spacial score (nSPS) is 15.9. The minimum Gasteiger partial charge on any atom is -0.476 e. The Morgan fingerprint density at radius 2 is 1.77 bits per heavy atom. The van der Waals surface area contributed by atoms with Crippen LogP contribution >= 0.6 is 0 Å². The Bertz CT molecular complexity index is 1060. The Morgan fingerprint density at radius 3 is 2.29 bits per heavy atom. The van der Waals surface area contributed by atoms with Crippen molar-refractivity contribution in [1.29, 1.82) is 0 Å². The molecular weight excluding hydrogens is 463 g/mol. The number of aromatic carboxylic acids is 1. The molecule has 1 amide bonds. The minimum absolute atomic E-state index is 0.204. The monoisotopic (exact) mass is 495 g/mol. The molecule has 0 unspecified atom stereocenters. The quantitative estimate of drug-likeness (QED) is 0.613. The SMILES string of the molecule is CCN(CC)c1ccc(C(F)(F)F)cc1CN(C)C1(C)CCN(C(=O)n2ccc(C(=O)O)n2)CC1. The standard InChI is InChI=1S/C24H32F3N5O3/c1-5-30(6-2)20-8-7-18(24(25,26)27)15-17(20)16-29(4)23(3)10-13-31(14-11-23)22(35)32-12-9-19(28-32)21(33)34/h7-9,12,15H,5-6,10-11,13-14,16H2,1-4H3,(H,33,34). The molecule has 3 rings (SSSR count). The van der Waals surface area contributed by atoms with E-state index in [-0.39, 0.29) is 11.2 Å². The maximum Gasteiger partial charge on any atom is 0.416 e. The Labute approximate surface area is 202 Å². The predicted molar refractivity (Wildman–Crippen MR) is 126 cm³/mol. The Hall–Kier alpha value is -3.08. The number of carbonyl (C=O) groups is 2. The van der Waals surface area contributed by atoms with Gasteiger partial charge in [-0.3, -0.25) is 4.90 Å². The molecule has 1 saturated heterocycles. The van der Waals surface area contributed by atoms with Crippen LogP contribution in [0.1, 0.15) is 55.2 Å². The number of piperidine rings is 1. The van der Waals surface area contributed by atoms with Crippen LogP contribution in [0.2, 0.25) is 0 Å². The number of carboxylic acid groups (broad SMARTS) is 1. The molecule has 1 fully saturated rings. The van der Waals surface area contributed by atoms with Gasteiger partial charge < -0.3 is 14.9 Å². The smallest absolute Gasteiger partial charge is 0.416 e. The summed E-state index contributed by atoms with van der Waals surface area (Å²) in [5, 5.41) is 12.8. The van der Waals surface area contributed by atoms with Crippen molar-refractivity contribution >= 4 is 17.7 Å². The van der Waals surface area contributed by atoms with Gasteiger partial charge in [0.1, 0.15) is 0 Å². The molecule has 1 aromatic carbocycles. The maximum absolute atomic E-state index is 13.4. The molecule has 0 radical (unpaired) electrons. The van der Waals surface area contributed by atoms with Crippen molar-refractivity contribution in [2.75, 3.05) is 38.1 Å². The summed E-state index contributed by atoms with van der Waals surface area (Å²) in [6.45, 7) is 8.55. The summed E-state index contributed by atoms with van der Waals surface area (Å²) in [6, 6.07) is 4.80. The molecule has 1 aliphatic rings. The first-order valence-electron chi connectivity index (χ1n) is 11.6. The van der Waals surface area contributed by atoms with E-state index in [1.54, 1.807) is 11.0 Å². The molecule has 1 aromatic heterocycles. The lowest BCUT2D eigenvalue weighted by Crippen LogP contribution is -2.53. The maximum atomic E-state index is 13.4. The second-order valence-electron chi connectivity index (χ2n) is 9.09. The lowest BCUT2D eigenvalue weighted by Gasteiger charge is -2.45. The van der Waals surface area contributed by atoms with Crippen molar-refractivity contribution in [1.82, 2.24) is 19.6 Å². The van der Waals surface area contributed by atoms with Crippen LogP contribution in [0.25, 0.3) is 0 Å². The van der Waals surface area contributed by atoms with Crippen molar-refractivity contribution < 1.29 is 27.9 Å². The molecule has 35 heavy (non-hydrogen) atoms. The highest BCUT2D eigenvalue weighted by molar-refractivity contribution is 5.86. The summed E-state index contributed by atoms with van der Waals surface area (Å²) in [5.41, 5.74) is 0.205. The number of aromatic nitrogens is 2. The summed E-state index contributed by atoms with van der Waals surface area (Å²) < 4.78 is 41.3. The molecule has 8 nitrogen and oxygen atoms in total. The average molecular weight is 496 g/mol. The molecule has 2 aromatic rings. The van der Waals surface area contributed by atoms with Crippen LogP contribution in [0.4, 0.5) is 23.7 Å². The minimum atomic E-state index is -4.42. The first-order valence-corrected chi connectivity index (χ1v) is 11.6. The zero-order valence-corrected chi connectivity index (χ0v) is 20.5. The van der Waals surface area contributed by atoms with Gasteiger partial charge in [-0.15, -0.1) is 0 Å². The van der Waals surface area contributed by atoms with Crippen LogP contribution < -0.4 is 4.90 Å². The van der Waals surface area contributed by atoms with Gasteiger partial charge in [0, 0.05) is 50.1 Å². The second kappa shape index (κ2) is 10.3. The fraction of sp³-hybridized carbons (Fsp3) is 0.542. The van der Waals surface area contributed by atoms with Gasteiger partial charge >= 0.3 is 18.2 Å². The molecule has 0 spiro atoms. The molecule has 0 aliphatic carbocycles. The third-order valence-corrected chi connectivity index (χ3v) is 6.96. The van der Waals surface area contributed by atoms with Crippen LogP contribution in [-0.2, 0) is 12.7 Å². The first kappa shape index (κ1) is 26.5. The molecule has 0 bridgehead atoms. The number of halogens is 3. The first-order chi connectivity index (χ1) is 16.4. The largest absolute Gasteiger partial charge is 0.476 e. The molecule has 2 heterocycles. The topological polar surface area (TPSA) is 81.9 Å². The predicted octanol–water partition coefficient (Wildman–Crippen LogP) is 4.40. The third kappa shape index (κ3) is 5.77. The zero-order chi connectivity index (χ0) is 26.0. The van der Waals surface area contributed by atoms with Gasteiger partial charge in [0.15, 0.2) is 5.69 Å². The van der Waals surface area contributed by atoms with Crippen LogP contribution in [0.5, 0.6) is 0 Å². The summed E-state index contributed by atoms with van der Waals surface area (Å²) in [5.74, 6) is -1.21. The van der Waals surface area contributed by atoms with E-state index in [2.05, 4.69) is 16.9 Å². The average Bonchev–Trinajstić information content (AvgIpc) is 3.31. The van der Waals surface area contributed by atoms with Crippen LogP contribution in [0, 0.1) is 0 Å². The van der Waals surface area contributed by atoms with Crippen LogP contribution in [0.15, 0.2) is 30.5 Å². The second-order valence-corrected chi connectivity index (χ2v) is 9.09. The molecule has 0 saturated carbocycles. The van der Waals surface area contributed by atoms with Gasteiger partial charge in [-0.05, 0) is 70.5 Å². The highest BCUT2D eigenvalue weighted by Crippen LogP contribution is 2.35. The molecular formula is C24H32F3N5O3. The van der Waals surface area contributed by atoms with E-state index in [0.29, 0.717) is 51.1 Å². The van der Waals surface area contributed by atoms with Crippen LogP contribution in [0.3, 0.4) is 0 Å². The number of anilines is 1. The number of likely N-dealkylation sites (tertiary alicyclic amines) is 1. The van der Waals surface area contributed by atoms with Crippen molar-refractivity contribution in [3.8, 4) is 0 Å². The Kier molecular flexibility index (Phi) is 7.78. The van der Waals surface area contributed by atoms with Gasteiger partial charge in [-0.25, -0.2) is 9.59 Å². The number of hydrogen-bond donors (Lipinski definition) is 1. The van der Waals surface area contributed by atoms with Crippen molar-refractivity contribution in [3.05, 3.63) is 47.3 Å². The Balaban J connectivity index is 1.74. The van der Waals surface area contributed by atoms with E-state index in [1.165, 1.54) is 18.3 Å². The summed E-state index contributed by atoms with van der Waals surface area (Å²) in [4.78, 5) is 29.5. The van der Waals surface area contributed by atoms with Gasteiger partial charge in [-0.1, -0.05) is 0 Å². The summed E-state index contributed by atoms with van der Waals surface area (Å²) in [6.07, 6.45) is -1.87. The number of benzene rings is 1. The number of hydrogen-bond acceptors (Lipinski definition) is 5. The number of alkyl halides is 3. The lowest BCUT2D eigenvalue weighted by atomic mass is 9.87. The van der Waals surface area contributed by atoms with Gasteiger partial charge in [0.2, 0.25) is 0 Å². The molecule has 11 heteroatoms. The third-order valence-electron chi connectivity index (χ3n) is 6.96. The van der Waals surface area contributed by atoms with Crippen molar-refractivity contribution in [2.24, 2.45) is 0 Å². The highest BCUT2D eigenvalue weighted by atomic mass is 19.4. The van der Waals surface area contributed by atoms with Gasteiger partial charge in [0.25, 0.3) is 0 Å². The summed E-state index contributed by atoms with van der Waals surface area (Å²) in [7, 11) is 1.90. The number of rotatable bonds is 7. The fourth-order valence-corrected chi connectivity index (χ4v) is 4.46. The molecule has 0 atom stereocenters. The van der Waals surface area contributed by atoms with E-state index in [9.17, 15) is 22.8 Å². The van der Waals surface area contributed by atoms with Gasteiger partial charge in [0.05, 0.1) is 5.56 Å². The lowest BCUT2D eigenvalue weighted by molar-refractivity contribution is -0.137. The van der Waals surface area contributed by atoms with E-state index < -0.39 is 23.7 Å². The number of amides is 1. The molecule has 1 aliphatic heterocycles. The highest BCUT2D eigenvalue weighted by Gasteiger charge is 2.37. The number of carbonyl (C=O) groups excluding carboxylic acids is 1. The number of carboxylic acids is 1. The van der Waals surface area contributed by atoms with Crippen molar-refractivity contribution in [2.45, 2.75) is 51.9 Å². The molecule has 192 valence electrons. The molecule has 1 N–H and O–H groups in total. The fourth-order valence-electron chi connectivity index (χ4n) is 4.46. The van der Waals surface area contributed by atoms with E-state index in [1.807, 2.05) is 25.8 Å².